The molecule has 0 saturated carbocycles. The Hall–Kier alpha value is -6.94. The van der Waals surface area contributed by atoms with Crippen LogP contribution in [-0.2, 0) is 16.0 Å². The monoisotopic (exact) mass is 652 g/mol. The lowest BCUT2D eigenvalue weighted by Crippen LogP contribution is -2.33. The third kappa shape index (κ3) is 3.31. The summed E-state index contributed by atoms with van der Waals surface area (Å²) >= 11 is 0. The summed E-state index contributed by atoms with van der Waals surface area (Å²) < 4.78 is 1.92. The number of benzene rings is 4. The van der Waals surface area contributed by atoms with Crippen molar-refractivity contribution in [3.05, 3.63) is 136 Å². The summed E-state index contributed by atoms with van der Waals surface area (Å²) in [6, 6.07) is 33.8. The highest BCUT2D eigenvalue weighted by Crippen LogP contribution is 2.52. The van der Waals surface area contributed by atoms with E-state index >= 15 is 0 Å². The molecule has 1 unspecified atom stereocenters. The van der Waals surface area contributed by atoms with Crippen molar-refractivity contribution in [3.63, 3.8) is 0 Å². The lowest BCUT2D eigenvalue weighted by atomic mass is 9.92. The molecule has 8 heterocycles. The van der Waals surface area contributed by atoms with Gasteiger partial charge in [-0.05, 0) is 35.9 Å². The molecule has 0 spiro atoms. The number of aromatic nitrogens is 4. The molecule has 0 fully saturated rings. The first-order valence-corrected chi connectivity index (χ1v) is 16.3. The zero-order chi connectivity index (χ0) is 33.4. The molecule has 4 aromatic carbocycles. The number of amides is 2. The van der Waals surface area contributed by atoms with Crippen LogP contribution in [-0.4, -0.2) is 36.3 Å². The first kappa shape index (κ1) is 27.1. The van der Waals surface area contributed by atoms with Gasteiger partial charge < -0.3 is 19.4 Å². The molecule has 2 amide bonds. The van der Waals surface area contributed by atoms with Crippen LogP contribution >= 0.6 is 0 Å². The van der Waals surface area contributed by atoms with Gasteiger partial charge in [0.1, 0.15) is 11.2 Å². The molecule has 3 aliphatic heterocycles. The molecule has 0 saturated heterocycles. The molecule has 238 valence electrons. The van der Waals surface area contributed by atoms with Gasteiger partial charge in [0, 0.05) is 50.4 Å². The average Bonchev–Trinajstić information content (AvgIpc) is 3.96. The minimum Gasteiger partial charge on any atom is -0.493 e. The fourth-order valence-corrected chi connectivity index (χ4v) is 8.48. The van der Waals surface area contributed by atoms with Crippen molar-refractivity contribution in [2.45, 2.75) is 12.5 Å². The Kier molecular flexibility index (Phi) is 5.06. The number of fused-ring (bicyclic) bond motifs is 19. The van der Waals surface area contributed by atoms with Crippen LogP contribution in [0.3, 0.4) is 0 Å². The van der Waals surface area contributed by atoms with Crippen LogP contribution in [0.2, 0.25) is 0 Å². The molecule has 0 bridgehead atoms. The van der Waals surface area contributed by atoms with Crippen LogP contribution < -0.4 is 15.8 Å². The maximum atomic E-state index is 12.6. The van der Waals surface area contributed by atoms with Crippen LogP contribution in [0.4, 0.5) is 5.69 Å². The predicted octanol–water partition coefficient (Wildman–Crippen LogP) is 6.43. The number of rotatable bonds is 0. The second-order valence-electron chi connectivity index (χ2n) is 13.0. The molecule has 9 aromatic rings. The molecule has 3 aliphatic rings. The Balaban J connectivity index is 0.000000120. The average molecular weight is 653 g/mol. The first-order valence-electron chi connectivity index (χ1n) is 16.3. The number of hydrogen-bond acceptors (Lipinski definition) is 6. The number of carbonyl (C=O) groups excluding carboxylic acids is 2. The van der Waals surface area contributed by atoms with E-state index in [9.17, 15) is 19.5 Å². The van der Waals surface area contributed by atoms with Crippen LogP contribution in [0.25, 0.3) is 65.6 Å². The Morgan fingerprint density at radius 2 is 1.52 bits per heavy atom. The van der Waals surface area contributed by atoms with Crippen molar-refractivity contribution < 1.29 is 14.7 Å². The number of para-hydroxylation sites is 4. The third-order valence-corrected chi connectivity index (χ3v) is 10.4. The standard InChI is InChI=1S/C20H13N3O2.C20H11N3O2/c2*24-19-16-15-11-6-2-3-7-12(11)21-17(15)14-9-10-5-1-4-8-13(10)23(14)18(16)20(25)22-19/h1-8,14,21H,9H2,(H,22,24,25);1-9,25H,(H,22,24). The van der Waals surface area contributed by atoms with Gasteiger partial charge in [-0.15, -0.1) is 0 Å². The first-order chi connectivity index (χ1) is 24.5. The maximum absolute atomic E-state index is 12.6. The summed E-state index contributed by atoms with van der Waals surface area (Å²) in [5.41, 5.74) is 9.71. The van der Waals surface area contributed by atoms with Crippen LogP contribution in [0.15, 0.2) is 114 Å². The number of imide groups is 1. The normalized spacial score (nSPS) is 16.4. The fourth-order valence-electron chi connectivity index (χ4n) is 8.48. The molecule has 12 rings (SSSR count). The van der Waals surface area contributed by atoms with Crippen molar-refractivity contribution >= 4 is 83.1 Å². The molecule has 4 N–H and O–H groups in total. The molecule has 0 radical (unpaired) electrons. The van der Waals surface area contributed by atoms with E-state index < -0.39 is 0 Å². The molecule has 50 heavy (non-hydrogen) atoms. The largest absolute Gasteiger partial charge is 0.493 e. The number of carbonyl (C=O) groups is 2. The second-order valence-corrected chi connectivity index (χ2v) is 13.0. The van der Waals surface area contributed by atoms with Crippen LogP contribution in [0.1, 0.15) is 22.9 Å². The van der Waals surface area contributed by atoms with Crippen molar-refractivity contribution in [3.8, 4) is 5.88 Å². The van der Waals surface area contributed by atoms with Gasteiger partial charge in [0.2, 0.25) is 5.88 Å². The van der Waals surface area contributed by atoms with Gasteiger partial charge in [0.25, 0.3) is 17.4 Å². The summed E-state index contributed by atoms with van der Waals surface area (Å²) in [6.45, 7) is 0. The van der Waals surface area contributed by atoms with Crippen molar-refractivity contribution in [2.24, 2.45) is 0 Å². The number of nitrogens with zero attached hydrogens (tertiary/aromatic N) is 3. The van der Waals surface area contributed by atoms with Crippen LogP contribution in [0, 0.1) is 0 Å². The highest BCUT2D eigenvalue weighted by Gasteiger charge is 2.48. The number of nitrogens with one attached hydrogen (secondary N) is 3. The van der Waals surface area contributed by atoms with Crippen molar-refractivity contribution in [2.75, 3.05) is 4.90 Å². The number of H-pyrrole nitrogens is 2. The van der Waals surface area contributed by atoms with Gasteiger partial charge in [-0.25, -0.2) is 4.98 Å². The van der Waals surface area contributed by atoms with Gasteiger partial charge in [-0.3, -0.25) is 24.7 Å². The van der Waals surface area contributed by atoms with Crippen molar-refractivity contribution in [1.29, 1.82) is 0 Å². The van der Waals surface area contributed by atoms with E-state index in [2.05, 4.69) is 27.4 Å². The molecule has 1 atom stereocenters. The molecule has 10 nitrogen and oxygen atoms in total. The minimum atomic E-state index is -0.311. The van der Waals surface area contributed by atoms with E-state index in [4.69, 9.17) is 4.98 Å². The fraction of sp³-hybridized carbons (Fsp3) is 0.0500. The van der Waals surface area contributed by atoms with E-state index in [0.717, 1.165) is 72.5 Å². The van der Waals surface area contributed by atoms with Gasteiger partial charge in [0.05, 0.1) is 39.1 Å². The molecule has 5 aromatic heterocycles. The lowest BCUT2D eigenvalue weighted by Gasteiger charge is -2.32. The van der Waals surface area contributed by atoms with Crippen molar-refractivity contribution in [1.82, 2.24) is 24.7 Å². The summed E-state index contributed by atoms with van der Waals surface area (Å²) in [5.74, 6) is -0.731. The van der Waals surface area contributed by atoms with E-state index in [1.54, 1.807) is 0 Å². The quantitative estimate of drug-likeness (QED) is 0.140. The molecular weight excluding hydrogens is 628 g/mol. The Morgan fingerprint density at radius 3 is 2.42 bits per heavy atom. The smallest absolute Gasteiger partial charge is 0.275 e. The van der Waals surface area contributed by atoms with Gasteiger partial charge in [0.15, 0.2) is 0 Å². The van der Waals surface area contributed by atoms with Gasteiger partial charge >= 0.3 is 0 Å². The van der Waals surface area contributed by atoms with Gasteiger partial charge in [-0.1, -0.05) is 72.8 Å². The highest BCUT2D eigenvalue weighted by molar-refractivity contribution is 6.39. The second kappa shape index (κ2) is 9.36. The zero-order valence-electron chi connectivity index (χ0n) is 26.1. The number of hydrogen-bond donors (Lipinski definition) is 4. The van der Waals surface area contributed by atoms with E-state index in [-0.39, 0.29) is 29.3 Å². The number of anilines is 1. The Bertz CT molecular complexity index is 3090. The molecule has 10 heteroatoms. The predicted molar refractivity (Wildman–Crippen MR) is 192 cm³/mol. The van der Waals surface area contributed by atoms with E-state index in [1.807, 2.05) is 100 Å². The number of aromatic amines is 2. The topological polar surface area (TPSA) is 136 Å². The molecule has 0 aliphatic carbocycles. The Labute approximate surface area is 281 Å². The SMILES string of the molecule is O=C1NC(=O)C2=C1c1c([nH]c3ccccc13)C1Cc3ccccc3N21.O=c1[nH]c(O)c2c1c1c3ccccc3nc1c1cc3ccccc3n12. The summed E-state index contributed by atoms with van der Waals surface area (Å²) in [6.07, 6.45) is 0.814. The van der Waals surface area contributed by atoms with E-state index in [1.165, 1.54) is 5.56 Å². The summed E-state index contributed by atoms with van der Waals surface area (Å²) in [7, 11) is 0. The van der Waals surface area contributed by atoms with Crippen LogP contribution in [0.5, 0.6) is 5.88 Å². The maximum Gasteiger partial charge on any atom is 0.275 e. The van der Waals surface area contributed by atoms with Gasteiger partial charge in [-0.2, -0.15) is 0 Å². The number of pyridine rings is 1. The summed E-state index contributed by atoms with van der Waals surface area (Å²) in [5, 5.41) is 17.2. The molecular formula is C40H24N6O4. The number of aromatic hydroxyl groups is 1. The third-order valence-electron chi connectivity index (χ3n) is 10.4. The van der Waals surface area contributed by atoms with E-state index in [0.29, 0.717) is 22.2 Å². The minimum absolute atomic E-state index is 0.00944. The Morgan fingerprint density at radius 1 is 0.760 bits per heavy atom. The zero-order valence-corrected chi connectivity index (χ0v) is 26.1. The lowest BCUT2D eigenvalue weighted by molar-refractivity contribution is -0.123. The highest BCUT2D eigenvalue weighted by atomic mass is 16.3. The summed E-state index contributed by atoms with van der Waals surface area (Å²) in [4.78, 5) is 50.7.